The summed E-state index contributed by atoms with van der Waals surface area (Å²) in [4.78, 5) is 23.9. The number of thioether (sulfide) groups is 1. The first kappa shape index (κ1) is 12.4. The van der Waals surface area contributed by atoms with Crippen molar-refractivity contribution in [3.63, 3.8) is 0 Å². The SMILES string of the molecule is CSC(C)CC(=O)N(CC(=O)O)C1CC1. The van der Waals surface area contributed by atoms with E-state index in [-0.39, 0.29) is 23.7 Å². The fourth-order valence-corrected chi connectivity index (χ4v) is 1.71. The van der Waals surface area contributed by atoms with Gasteiger partial charge in [0.05, 0.1) is 0 Å². The molecule has 4 nitrogen and oxygen atoms in total. The molecule has 0 saturated heterocycles. The molecular formula is C10H17NO3S. The first-order chi connectivity index (χ1) is 7.04. The number of aliphatic carboxylic acids is 1. The van der Waals surface area contributed by atoms with Crippen LogP contribution in [0, 0.1) is 0 Å². The predicted octanol–water partition coefficient (Wildman–Crippen LogP) is 1.20. The normalized spacial score (nSPS) is 17.2. The molecule has 15 heavy (non-hydrogen) atoms. The molecule has 1 fully saturated rings. The van der Waals surface area contributed by atoms with Gasteiger partial charge in [-0.1, -0.05) is 6.92 Å². The molecule has 1 aliphatic rings. The van der Waals surface area contributed by atoms with Crippen LogP contribution in [0.3, 0.4) is 0 Å². The van der Waals surface area contributed by atoms with Crippen LogP contribution in [0.2, 0.25) is 0 Å². The van der Waals surface area contributed by atoms with E-state index in [2.05, 4.69) is 0 Å². The van der Waals surface area contributed by atoms with Crippen molar-refractivity contribution in [3.05, 3.63) is 0 Å². The monoisotopic (exact) mass is 231 g/mol. The van der Waals surface area contributed by atoms with E-state index in [0.717, 1.165) is 12.8 Å². The summed E-state index contributed by atoms with van der Waals surface area (Å²) < 4.78 is 0. The van der Waals surface area contributed by atoms with Crippen molar-refractivity contribution in [3.8, 4) is 0 Å². The van der Waals surface area contributed by atoms with Crippen molar-refractivity contribution in [2.24, 2.45) is 0 Å². The predicted molar refractivity (Wildman–Crippen MR) is 60.0 cm³/mol. The second-order valence-corrected chi connectivity index (χ2v) is 5.17. The van der Waals surface area contributed by atoms with E-state index in [0.29, 0.717) is 6.42 Å². The van der Waals surface area contributed by atoms with Gasteiger partial charge in [-0.3, -0.25) is 9.59 Å². The Hall–Kier alpha value is -0.710. The number of rotatable bonds is 6. The van der Waals surface area contributed by atoms with E-state index < -0.39 is 5.97 Å². The Bertz CT molecular complexity index is 253. The molecule has 0 aliphatic heterocycles. The third-order valence-electron chi connectivity index (χ3n) is 2.48. The number of hydrogen-bond acceptors (Lipinski definition) is 3. The lowest BCUT2D eigenvalue weighted by molar-refractivity contribution is -0.144. The van der Waals surface area contributed by atoms with Gasteiger partial charge in [0.1, 0.15) is 6.54 Å². The maximum Gasteiger partial charge on any atom is 0.323 e. The molecule has 5 heteroatoms. The molecular weight excluding hydrogens is 214 g/mol. The first-order valence-corrected chi connectivity index (χ1v) is 6.37. The summed E-state index contributed by atoms with van der Waals surface area (Å²) in [5.74, 6) is -0.950. The van der Waals surface area contributed by atoms with Gasteiger partial charge in [0.2, 0.25) is 5.91 Å². The number of nitrogens with zero attached hydrogens (tertiary/aromatic N) is 1. The Labute approximate surface area is 94.0 Å². The Morgan fingerprint density at radius 3 is 2.53 bits per heavy atom. The van der Waals surface area contributed by atoms with Crippen molar-refractivity contribution in [1.29, 1.82) is 0 Å². The van der Waals surface area contributed by atoms with E-state index in [1.807, 2.05) is 13.2 Å². The number of carboxylic acids is 1. The second-order valence-electron chi connectivity index (χ2n) is 3.90. The van der Waals surface area contributed by atoms with E-state index in [9.17, 15) is 9.59 Å². The quantitative estimate of drug-likeness (QED) is 0.746. The molecule has 0 bridgehead atoms. The topological polar surface area (TPSA) is 57.6 Å². The van der Waals surface area contributed by atoms with Gasteiger partial charge < -0.3 is 10.0 Å². The van der Waals surface area contributed by atoms with Crippen LogP contribution in [0.15, 0.2) is 0 Å². The van der Waals surface area contributed by atoms with Crippen LogP contribution in [0.5, 0.6) is 0 Å². The molecule has 1 atom stereocenters. The zero-order chi connectivity index (χ0) is 11.4. The highest BCUT2D eigenvalue weighted by molar-refractivity contribution is 7.99. The van der Waals surface area contributed by atoms with Gasteiger partial charge in [0, 0.05) is 17.7 Å². The van der Waals surface area contributed by atoms with Gasteiger partial charge in [-0.25, -0.2) is 0 Å². The summed E-state index contributed by atoms with van der Waals surface area (Å²) in [5, 5.41) is 8.96. The summed E-state index contributed by atoms with van der Waals surface area (Å²) in [6, 6.07) is 0.183. The lowest BCUT2D eigenvalue weighted by Gasteiger charge is -2.21. The van der Waals surface area contributed by atoms with Crippen molar-refractivity contribution >= 4 is 23.6 Å². The maximum atomic E-state index is 11.8. The zero-order valence-corrected chi connectivity index (χ0v) is 9.92. The van der Waals surface area contributed by atoms with Crippen molar-refractivity contribution in [2.75, 3.05) is 12.8 Å². The number of carbonyl (C=O) groups excluding carboxylic acids is 1. The van der Waals surface area contributed by atoms with Crippen LogP contribution >= 0.6 is 11.8 Å². The average Bonchev–Trinajstić information content (AvgIpc) is 2.96. The van der Waals surface area contributed by atoms with Gasteiger partial charge in [-0.2, -0.15) is 11.8 Å². The molecule has 1 amide bonds. The van der Waals surface area contributed by atoms with Crippen molar-refractivity contribution in [1.82, 2.24) is 4.90 Å². The average molecular weight is 231 g/mol. The number of amides is 1. The van der Waals surface area contributed by atoms with Gasteiger partial charge in [0.25, 0.3) is 0 Å². The van der Waals surface area contributed by atoms with Gasteiger partial charge in [-0.15, -0.1) is 0 Å². The van der Waals surface area contributed by atoms with E-state index in [1.54, 1.807) is 11.8 Å². The lowest BCUT2D eigenvalue weighted by Crippen LogP contribution is -2.38. The standard InChI is InChI=1S/C10H17NO3S/c1-7(15-2)5-9(12)11(6-10(13)14)8-3-4-8/h7-8H,3-6H2,1-2H3,(H,13,14). The van der Waals surface area contributed by atoms with Gasteiger partial charge in [0.15, 0.2) is 0 Å². The molecule has 0 aromatic rings. The number of hydrogen-bond donors (Lipinski definition) is 1. The molecule has 0 aromatic heterocycles. The molecule has 1 unspecified atom stereocenters. The molecule has 0 radical (unpaired) electrons. The summed E-state index contributed by atoms with van der Waals surface area (Å²) in [5.41, 5.74) is 0. The van der Waals surface area contributed by atoms with Crippen LogP contribution in [-0.2, 0) is 9.59 Å². The molecule has 86 valence electrons. The van der Waals surface area contributed by atoms with E-state index in [4.69, 9.17) is 5.11 Å². The maximum absolute atomic E-state index is 11.8. The summed E-state index contributed by atoms with van der Waals surface area (Å²) >= 11 is 1.63. The highest BCUT2D eigenvalue weighted by Crippen LogP contribution is 2.27. The van der Waals surface area contributed by atoms with Crippen molar-refractivity contribution < 1.29 is 14.7 Å². The Kier molecular flexibility index (Phi) is 4.45. The molecule has 0 aromatic carbocycles. The van der Waals surface area contributed by atoms with Crippen molar-refractivity contribution in [2.45, 2.75) is 37.5 Å². The van der Waals surface area contributed by atoms with Gasteiger partial charge in [-0.05, 0) is 19.1 Å². The second kappa shape index (κ2) is 5.39. The highest BCUT2D eigenvalue weighted by atomic mass is 32.2. The molecule has 1 N–H and O–H groups in total. The fourth-order valence-electron chi connectivity index (χ4n) is 1.40. The third kappa shape index (κ3) is 4.11. The summed E-state index contributed by atoms with van der Waals surface area (Å²) in [6.45, 7) is 1.83. The minimum atomic E-state index is -0.924. The molecule has 1 rings (SSSR count). The molecule has 0 heterocycles. The molecule has 1 saturated carbocycles. The minimum Gasteiger partial charge on any atom is -0.480 e. The fraction of sp³-hybridized carbons (Fsp3) is 0.800. The van der Waals surface area contributed by atoms with E-state index >= 15 is 0 Å². The first-order valence-electron chi connectivity index (χ1n) is 5.08. The smallest absolute Gasteiger partial charge is 0.323 e. The van der Waals surface area contributed by atoms with Crippen LogP contribution in [-0.4, -0.2) is 46.0 Å². The van der Waals surface area contributed by atoms with Gasteiger partial charge >= 0.3 is 5.97 Å². The third-order valence-corrected chi connectivity index (χ3v) is 3.45. The van der Waals surface area contributed by atoms with Crippen LogP contribution in [0.4, 0.5) is 0 Å². The Balaban J connectivity index is 2.47. The lowest BCUT2D eigenvalue weighted by atomic mass is 10.3. The largest absolute Gasteiger partial charge is 0.480 e. The Morgan fingerprint density at radius 1 is 1.53 bits per heavy atom. The highest BCUT2D eigenvalue weighted by Gasteiger charge is 2.33. The molecule has 0 spiro atoms. The summed E-state index contributed by atoms with van der Waals surface area (Å²) in [7, 11) is 0. The van der Waals surface area contributed by atoms with Crippen LogP contribution in [0.1, 0.15) is 26.2 Å². The van der Waals surface area contributed by atoms with Crippen LogP contribution in [0.25, 0.3) is 0 Å². The summed E-state index contributed by atoms with van der Waals surface area (Å²) in [6.07, 6.45) is 4.29. The van der Waals surface area contributed by atoms with E-state index in [1.165, 1.54) is 4.90 Å². The molecule has 1 aliphatic carbocycles. The number of carboxylic acid groups (broad SMARTS) is 1. The minimum absolute atomic E-state index is 0.0262. The Morgan fingerprint density at radius 2 is 2.13 bits per heavy atom. The zero-order valence-electron chi connectivity index (χ0n) is 9.10. The number of carbonyl (C=O) groups is 2. The van der Waals surface area contributed by atoms with Crippen LogP contribution < -0.4 is 0 Å².